The van der Waals surface area contributed by atoms with Gasteiger partial charge in [-0.05, 0) is 129 Å². The van der Waals surface area contributed by atoms with Gasteiger partial charge in [-0.3, -0.25) is 0 Å². The van der Waals surface area contributed by atoms with Gasteiger partial charge in [0.05, 0.1) is 36.4 Å². The number of anilines is 3. The first-order valence-corrected chi connectivity index (χ1v) is 19.8. The van der Waals surface area contributed by atoms with Gasteiger partial charge < -0.3 is 18.9 Å². The molecular formula is C54H38N2O4. The Kier molecular flexibility index (Phi) is 9.15. The largest absolute Gasteiger partial charge is 0.465 e. The quantitative estimate of drug-likeness (QED) is 0.114. The minimum absolute atomic E-state index is 0.379. The van der Waals surface area contributed by atoms with E-state index in [0.717, 1.165) is 83.0 Å². The number of esters is 2. The SMILES string of the molecule is COC(=O)c1ccc(-c2c3ccccc3c(-c3ccc(C(=O)OC)cc3)c3cc(N(c4ccccc4)c4ccc5c(c4)c4ccccc4n5-c4ccccc4)ccc23)cc1. The maximum absolute atomic E-state index is 12.5. The Bertz CT molecular complexity index is 3250. The normalized spacial score (nSPS) is 11.3. The van der Waals surface area contributed by atoms with Crippen LogP contribution in [0.2, 0.25) is 0 Å². The lowest BCUT2D eigenvalue weighted by molar-refractivity contribution is 0.0592. The van der Waals surface area contributed by atoms with Crippen molar-refractivity contribution in [1.29, 1.82) is 0 Å². The number of carbonyl (C=O) groups is 2. The number of fused-ring (bicyclic) bond motifs is 5. The van der Waals surface area contributed by atoms with E-state index < -0.39 is 0 Å². The lowest BCUT2D eigenvalue weighted by atomic mass is 9.85. The van der Waals surface area contributed by atoms with E-state index in [1.807, 2.05) is 60.7 Å². The van der Waals surface area contributed by atoms with Crippen LogP contribution in [0.4, 0.5) is 17.1 Å². The van der Waals surface area contributed by atoms with E-state index in [-0.39, 0.29) is 11.9 Å². The molecule has 0 aliphatic heterocycles. The molecular weight excluding hydrogens is 741 g/mol. The molecule has 10 aromatic rings. The number of methoxy groups -OCH3 is 2. The predicted molar refractivity (Wildman–Crippen MR) is 244 cm³/mol. The van der Waals surface area contributed by atoms with E-state index in [1.165, 1.54) is 19.6 Å². The fourth-order valence-corrected chi connectivity index (χ4v) is 8.69. The number of aromatic nitrogens is 1. The first-order chi connectivity index (χ1) is 29.5. The molecule has 0 amide bonds. The molecule has 0 fully saturated rings. The number of hydrogen-bond donors (Lipinski definition) is 0. The Labute approximate surface area is 347 Å². The summed E-state index contributed by atoms with van der Waals surface area (Å²) >= 11 is 0. The summed E-state index contributed by atoms with van der Waals surface area (Å²) in [4.78, 5) is 27.3. The molecule has 1 heterocycles. The highest BCUT2D eigenvalue weighted by atomic mass is 16.5. The van der Waals surface area contributed by atoms with Gasteiger partial charge in [-0.1, -0.05) is 109 Å². The molecule has 1 aromatic heterocycles. The van der Waals surface area contributed by atoms with Crippen molar-refractivity contribution in [2.45, 2.75) is 0 Å². The molecule has 6 nitrogen and oxygen atoms in total. The van der Waals surface area contributed by atoms with Gasteiger partial charge in [0, 0.05) is 33.5 Å². The second-order valence-corrected chi connectivity index (χ2v) is 14.7. The smallest absolute Gasteiger partial charge is 0.337 e. The highest BCUT2D eigenvalue weighted by Crippen LogP contribution is 2.47. The van der Waals surface area contributed by atoms with Gasteiger partial charge in [-0.2, -0.15) is 0 Å². The van der Waals surface area contributed by atoms with Crippen LogP contribution in [0.25, 0.3) is 71.3 Å². The molecule has 0 saturated carbocycles. The van der Waals surface area contributed by atoms with Crippen LogP contribution in [0.1, 0.15) is 20.7 Å². The molecule has 288 valence electrons. The second kappa shape index (κ2) is 15.1. The van der Waals surface area contributed by atoms with Crippen LogP contribution in [-0.4, -0.2) is 30.7 Å². The third-order valence-electron chi connectivity index (χ3n) is 11.4. The standard InChI is InChI=1S/C54H38N2O4/c1-59-53(57)37-25-21-35(22-26-37)51-44-18-9-10-19-45(44)52(36-23-27-38(28-24-36)54(58)60-2)48-34-41(29-31-46(48)51)55(39-13-5-3-6-14-39)42-30-32-50-47(33-42)43-17-11-12-20-49(43)56(50)40-15-7-4-8-16-40/h3-34H,1-2H3. The van der Waals surface area contributed by atoms with Gasteiger partial charge in [0.2, 0.25) is 0 Å². The number of ether oxygens (including phenoxy) is 2. The molecule has 0 atom stereocenters. The summed E-state index contributed by atoms with van der Waals surface area (Å²) in [5.74, 6) is -0.762. The van der Waals surface area contributed by atoms with Crippen molar-refractivity contribution >= 4 is 72.4 Å². The van der Waals surface area contributed by atoms with E-state index in [4.69, 9.17) is 9.47 Å². The molecule has 0 bridgehead atoms. The maximum Gasteiger partial charge on any atom is 0.337 e. The van der Waals surface area contributed by atoms with Crippen molar-refractivity contribution in [2.75, 3.05) is 19.1 Å². The third-order valence-corrected chi connectivity index (χ3v) is 11.4. The zero-order valence-corrected chi connectivity index (χ0v) is 33.0. The Morgan fingerprint density at radius 3 is 1.43 bits per heavy atom. The molecule has 0 spiro atoms. The molecule has 0 aliphatic carbocycles. The monoisotopic (exact) mass is 778 g/mol. The highest BCUT2D eigenvalue weighted by Gasteiger charge is 2.22. The Balaban J connectivity index is 1.24. The summed E-state index contributed by atoms with van der Waals surface area (Å²) < 4.78 is 12.4. The molecule has 0 unspecified atom stereocenters. The summed E-state index contributed by atoms with van der Waals surface area (Å²) in [6, 6.07) is 66.6. The molecule has 60 heavy (non-hydrogen) atoms. The minimum atomic E-state index is -0.383. The molecule has 6 heteroatoms. The van der Waals surface area contributed by atoms with Gasteiger partial charge in [0.1, 0.15) is 0 Å². The van der Waals surface area contributed by atoms with E-state index in [1.54, 1.807) is 0 Å². The Hall–Kier alpha value is -7.96. The molecule has 0 aliphatic rings. The number of rotatable bonds is 8. The zero-order chi connectivity index (χ0) is 40.7. The average molecular weight is 779 g/mol. The topological polar surface area (TPSA) is 60.8 Å². The van der Waals surface area contributed by atoms with Crippen LogP contribution in [0.15, 0.2) is 194 Å². The summed E-state index contributed by atoms with van der Waals surface area (Å²) in [5, 5.41) is 6.54. The van der Waals surface area contributed by atoms with E-state index in [2.05, 4.69) is 143 Å². The van der Waals surface area contributed by atoms with Crippen molar-refractivity contribution in [3.8, 4) is 27.9 Å². The highest BCUT2D eigenvalue weighted by molar-refractivity contribution is 6.22. The Morgan fingerprint density at radius 2 is 0.850 bits per heavy atom. The van der Waals surface area contributed by atoms with Gasteiger partial charge in [-0.15, -0.1) is 0 Å². The maximum atomic E-state index is 12.5. The molecule has 0 saturated heterocycles. The molecule has 10 rings (SSSR count). The van der Waals surface area contributed by atoms with Crippen molar-refractivity contribution in [2.24, 2.45) is 0 Å². The van der Waals surface area contributed by atoms with Crippen LogP contribution in [0.5, 0.6) is 0 Å². The van der Waals surface area contributed by atoms with Crippen molar-refractivity contribution in [1.82, 2.24) is 4.57 Å². The fourth-order valence-electron chi connectivity index (χ4n) is 8.69. The van der Waals surface area contributed by atoms with Gasteiger partial charge >= 0.3 is 11.9 Å². The van der Waals surface area contributed by atoms with Crippen molar-refractivity contribution in [3.63, 3.8) is 0 Å². The summed E-state index contributed by atoms with van der Waals surface area (Å²) in [6.45, 7) is 0. The Morgan fingerprint density at radius 1 is 0.400 bits per heavy atom. The first kappa shape index (κ1) is 36.4. The first-order valence-electron chi connectivity index (χ1n) is 19.8. The third kappa shape index (κ3) is 6.14. The summed E-state index contributed by atoms with van der Waals surface area (Å²) in [7, 11) is 2.79. The van der Waals surface area contributed by atoms with Crippen molar-refractivity contribution < 1.29 is 19.1 Å². The van der Waals surface area contributed by atoms with Crippen LogP contribution < -0.4 is 4.90 Å². The number of benzene rings is 9. The van der Waals surface area contributed by atoms with Gasteiger partial charge in [0.25, 0.3) is 0 Å². The number of carbonyl (C=O) groups excluding carboxylic acids is 2. The van der Waals surface area contributed by atoms with Gasteiger partial charge in [-0.25, -0.2) is 9.59 Å². The van der Waals surface area contributed by atoms with Crippen molar-refractivity contribution in [3.05, 3.63) is 205 Å². The van der Waals surface area contributed by atoms with Crippen LogP contribution in [0, 0.1) is 0 Å². The van der Waals surface area contributed by atoms with E-state index in [9.17, 15) is 9.59 Å². The average Bonchev–Trinajstić information content (AvgIpc) is 3.65. The van der Waals surface area contributed by atoms with E-state index >= 15 is 0 Å². The lowest BCUT2D eigenvalue weighted by Gasteiger charge is -2.27. The molecule has 0 radical (unpaired) electrons. The summed E-state index contributed by atoms with van der Waals surface area (Å²) in [5.41, 5.74) is 11.4. The zero-order valence-electron chi connectivity index (χ0n) is 33.0. The van der Waals surface area contributed by atoms with E-state index in [0.29, 0.717) is 11.1 Å². The lowest BCUT2D eigenvalue weighted by Crippen LogP contribution is -2.10. The fraction of sp³-hybridized carbons (Fsp3) is 0.0370. The predicted octanol–water partition coefficient (Wildman–Crippen LogP) is 13.5. The number of nitrogens with zero attached hydrogens (tertiary/aromatic N) is 2. The minimum Gasteiger partial charge on any atom is -0.465 e. The molecule has 0 N–H and O–H groups in total. The second-order valence-electron chi connectivity index (χ2n) is 14.7. The van der Waals surface area contributed by atoms with Crippen LogP contribution in [0.3, 0.4) is 0 Å². The summed E-state index contributed by atoms with van der Waals surface area (Å²) in [6.07, 6.45) is 0. The number of hydrogen-bond acceptors (Lipinski definition) is 5. The van der Waals surface area contributed by atoms with Crippen LogP contribution in [-0.2, 0) is 9.47 Å². The number of para-hydroxylation sites is 3. The van der Waals surface area contributed by atoms with Gasteiger partial charge in [0.15, 0.2) is 0 Å². The van der Waals surface area contributed by atoms with Crippen LogP contribution >= 0.6 is 0 Å². The molecule has 9 aromatic carbocycles.